The molecule has 0 aliphatic heterocycles. The van der Waals surface area contributed by atoms with Crippen molar-refractivity contribution in [2.24, 2.45) is 0 Å². The fraction of sp³-hybridized carbons (Fsp3) is 0.263. The molecule has 3 aromatic rings. The molecule has 0 fully saturated rings. The largest absolute Gasteiger partial charge is 0.497 e. The molecule has 4 nitrogen and oxygen atoms in total. The van der Waals surface area contributed by atoms with Crippen LogP contribution in [-0.4, -0.2) is 17.1 Å². The highest BCUT2D eigenvalue weighted by Crippen LogP contribution is 2.34. The molecule has 3 rings (SSSR count). The summed E-state index contributed by atoms with van der Waals surface area (Å²) >= 11 is 1.68. The van der Waals surface area contributed by atoms with Gasteiger partial charge in [0.25, 0.3) is 0 Å². The molecule has 0 spiro atoms. The minimum atomic E-state index is 0.310. The van der Waals surface area contributed by atoms with Crippen LogP contribution in [0.25, 0.3) is 21.8 Å². The maximum Gasteiger partial charge on any atom is 0.221 e. The number of ether oxygens (including phenoxy) is 1. The number of nitrogens with two attached hydrogens (primary N) is 1. The van der Waals surface area contributed by atoms with Gasteiger partial charge in [0, 0.05) is 11.1 Å². The lowest BCUT2D eigenvalue weighted by Crippen LogP contribution is -2.04. The summed E-state index contributed by atoms with van der Waals surface area (Å²) in [5.74, 6) is 1.14. The third-order valence-electron chi connectivity index (χ3n) is 3.92. The summed E-state index contributed by atoms with van der Waals surface area (Å²) in [6.45, 7) is 2.19. The van der Waals surface area contributed by atoms with Crippen molar-refractivity contribution >= 4 is 17.3 Å². The second-order valence-electron chi connectivity index (χ2n) is 5.57. The molecule has 2 aromatic heterocycles. The molecule has 124 valence electrons. The van der Waals surface area contributed by atoms with Crippen molar-refractivity contribution in [3.8, 4) is 27.6 Å². The predicted octanol–water partition coefficient (Wildman–Crippen LogP) is 4.81. The molecule has 0 saturated carbocycles. The minimum absolute atomic E-state index is 0.310. The smallest absolute Gasteiger partial charge is 0.221 e. The lowest BCUT2D eigenvalue weighted by Gasteiger charge is -2.14. The van der Waals surface area contributed by atoms with Crippen molar-refractivity contribution in [3.05, 3.63) is 47.3 Å². The zero-order valence-corrected chi connectivity index (χ0v) is 14.8. The van der Waals surface area contributed by atoms with Gasteiger partial charge in [-0.25, -0.2) is 9.97 Å². The standard InChI is InChI=1S/C19H21N3OS/c1-3-4-6-15-17(13-8-10-14(23-2)11-9-13)21-19(20)22-18(15)16-7-5-12-24-16/h5,7-12H,3-4,6H2,1-2H3,(H2,20,21,22). The maximum atomic E-state index is 6.01. The molecular formula is C19H21N3OS. The number of hydrogen-bond donors (Lipinski definition) is 1. The van der Waals surface area contributed by atoms with E-state index in [0.29, 0.717) is 5.95 Å². The first-order chi connectivity index (χ1) is 11.7. The normalized spacial score (nSPS) is 10.8. The van der Waals surface area contributed by atoms with Crippen molar-refractivity contribution in [1.29, 1.82) is 0 Å². The number of rotatable bonds is 6. The zero-order chi connectivity index (χ0) is 16.9. The zero-order valence-electron chi connectivity index (χ0n) is 14.0. The van der Waals surface area contributed by atoms with Gasteiger partial charge in [-0.15, -0.1) is 11.3 Å². The monoisotopic (exact) mass is 339 g/mol. The van der Waals surface area contributed by atoms with E-state index in [1.54, 1.807) is 18.4 Å². The highest BCUT2D eigenvalue weighted by Gasteiger charge is 2.17. The molecular weight excluding hydrogens is 318 g/mol. The van der Waals surface area contributed by atoms with Gasteiger partial charge in [0.15, 0.2) is 0 Å². The average molecular weight is 339 g/mol. The van der Waals surface area contributed by atoms with Crippen molar-refractivity contribution in [3.63, 3.8) is 0 Å². The fourth-order valence-electron chi connectivity index (χ4n) is 2.70. The number of anilines is 1. The van der Waals surface area contributed by atoms with Crippen LogP contribution in [0.1, 0.15) is 25.3 Å². The first-order valence-corrected chi connectivity index (χ1v) is 8.95. The molecule has 1 aromatic carbocycles. The quantitative estimate of drug-likeness (QED) is 0.700. The van der Waals surface area contributed by atoms with Gasteiger partial charge in [0.1, 0.15) is 5.75 Å². The Bertz CT molecular complexity index is 798. The lowest BCUT2D eigenvalue weighted by atomic mass is 9.99. The summed E-state index contributed by atoms with van der Waals surface area (Å²) in [5.41, 5.74) is 10.1. The Morgan fingerprint density at radius 2 is 1.83 bits per heavy atom. The van der Waals surface area contributed by atoms with E-state index >= 15 is 0 Å². The van der Waals surface area contributed by atoms with E-state index in [1.165, 1.54) is 5.56 Å². The number of unbranched alkanes of at least 4 members (excludes halogenated alkanes) is 1. The van der Waals surface area contributed by atoms with Gasteiger partial charge >= 0.3 is 0 Å². The molecule has 0 aliphatic rings. The van der Waals surface area contributed by atoms with Crippen LogP contribution >= 0.6 is 11.3 Å². The van der Waals surface area contributed by atoms with Crippen molar-refractivity contribution in [1.82, 2.24) is 9.97 Å². The van der Waals surface area contributed by atoms with Crippen LogP contribution in [-0.2, 0) is 6.42 Å². The molecule has 0 bridgehead atoms. The molecule has 24 heavy (non-hydrogen) atoms. The summed E-state index contributed by atoms with van der Waals surface area (Å²) in [7, 11) is 1.67. The fourth-order valence-corrected chi connectivity index (χ4v) is 3.44. The number of nitrogen functional groups attached to an aromatic ring is 1. The second kappa shape index (κ2) is 7.45. The van der Waals surface area contributed by atoms with Crippen LogP contribution in [0.4, 0.5) is 5.95 Å². The number of aromatic nitrogens is 2. The molecule has 0 amide bonds. The van der Waals surface area contributed by atoms with E-state index in [9.17, 15) is 0 Å². The topological polar surface area (TPSA) is 61.0 Å². The van der Waals surface area contributed by atoms with Gasteiger partial charge in [-0.05, 0) is 48.6 Å². The number of methoxy groups -OCH3 is 1. The average Bonchev–Trinajstić information content (AvgIpc) is 3.14. The Balaban J connectivity index is 2.15. The third kappa shape index (κ3) is 3.41. The Hall–Kier alpha value is -2.40. The Kier molecular flexibility index (Phi) is 5.11. The van der Waals surface area contributed by atoms with Crippen LogP contribution in [0.2, 0.25) is 0 Å². The van der Waals surface area contributed by atoms with Gasteiger partial charge in [-0.2, -0.15) is 0 Å². The van der Waals surface area contributed by atoms with Crippen LogP contribution in [0, 0.1) is 0 Å². The van der Waals surface area contributed by atoms with E-state index in [2.05, 4.69) is 28.3 Å². The summed E-state index contributed by atoms with van der Waals surface area (Å²) in [4.78, 5) is 10.2. The predicted molar refractivity (Wildman–Crippen MR) is 100 cm³/mol. The summed E-state index contributed by atoms with van der Waals surface area (Å²) in [6, 6.07) is 12.1. The number of thiophene rings is 1. The Morgan fingerprint density at radius 3 is 2.46 bits per heavy atom. The van der Waals surface area contributed by atoms with Gasteiger partial charge in [-0.3, -0.25) is 0 Å². The van der Waals surface area contributed by atoms with Crippen molar-refractivity contribution < 1.29 is 4.74 Å². The van der Waals surface area contributed by atoms with E-state index in [1.807, 2.05) is 30.3 Å². The van der Waals surface area contributed by atoms with E-state index in [-0.39, 0.29) is 0 Å². The molecule has 0 radical (unpaired) electrons. The Labute approximate surface area is 146 Å². The number of hydrogen-bond acceptors (Lipinski definition) is 5. The number of benzene rings is 1. The van der Waals surface area contributed by atoms with Gasteiger partial charge in [0.05, 0.1) is 23.4 Å². The highest BCUT2D eigenvalue weighted by molar-refractivity contribution is 7.13. The Morgan fingerprint density at radius 1 is 1.08 bits per heavy atom. The SMILES string of the molecule is CCCCc1c(-c2ccc(OC)cc2)nc(N)nc1-c1cccs1. The second-order valence-corrected chi connectivity index (χ2v) is 6.51. The molecule has 0 atom stereocenters. The van der Waals surface area contributed by atoms with E-state index in [4.69, 9.17) is 10.5 Å². The first-order valence-electron chi connectivity index (χ1n) is 8.07. The molecule has 5 heteroatoms. The molecule has 0 saturated heterocycles. The van der Waals surface area contributed by atoms with Crippen LogP contribution in [0.15, 0.2) is 41.8 Å². The first kappa shape index (κ1) is 16.5. The molecule has 2 heterocycles. The molecule has 0 unspecified atom stereocenters. The molecule has 0 aliphatic carbocycles. The third-order valence-corrected chi connectivity index (χ3v) is 4.80. The number of nitrogens with zero attached hydrogens (tertiary/aromatic N) is 2. The van der Waals surface area contributed by atoms with Gasteiger partial charge < -0.3 is 10.5 Å². The lowest BCUT2D eigenvalue weighted by molar-refractivity contribution is 0.415. The maximum absolute atomic E-state index is 6.01. The van der Waals surface area contributed by atoms with Gasteiger partial charge in [0.2, 0.25) is 5.95 Å². The van der Waals surface area contributed by atoms with Crippen LogP contribution in [0.3, 0.4) is 0 Å². The van der Waals surface area contributed by atoms with E-state index in [0.717, 1.165) is 46.8 Å². The van der Waals surface area contributed by atoms with Crippen LogP contribution < -0.4 is 10.5 Å². The summed E-state index contributed by atoms with van der Waals surface area (Å²) in [5, 5.41) is 2.06. The van der Waals surface area contributed by atoms with Gasteiger partial charge in [-0.1, -0.05) is 19.4 Å². The van der Waals surface area contributed by atoms with E-state index < -0.39 is 0 Å². The summed E-state index contributed by atoms with van der Waals surface area (Å²) in [6.07, 6.45) is 3.15. The van der Waals surface area contributed by atoms with Crippen molar-refractivity contribution in [2.75, 3.05) is 12.8 Å². The molecule has 2 N–H and O–H groups in total. The van der Waals surface area contributed by atoms with Crippen molar-refractivity contribution in [2.45, 2.75) is 26.2 Å². The summed E-state index contributed by atoms with van der Waals surface area (Å²) < 4.78 is 5.25. The minimum Gasteiger partial charge on any atom is -0.497 e. The highest BCUT2D eigenvalue weighted by atomic mass is 32.1. The van der Waals surface area contributed by atoms with Crippen LogP contribution in [0.5, 0.6) is 5.75 Å².